The largest absolute Gasteiger partial charge is 0.287 e. The van der Waals surface area contributed by atoms with Gasteiger partial charge in [0.1, 0.15) is 0 Å². The Balaban J connectivity index is 2.99. The van der Waals surface area contributed by atoms with Gasteiger partial charge in [0.05, 0.1) is 0 Å². The van der Waals surface area contributed by atoms with Gasteiger partial charge in [0.2, 0.25) is 0 Å². The number of rotatable bonds is 3. The second kappa shape index (κ2) is 5.51. The van der Waals surface area contributed by atoms with Crippen LogP contribution >= 0.6 is 23.5 Å². The van der Waals surface area contributed by atoms with Gasteiger partial charge in [0.15, 0.2) is 5.12 Å². The Morgan fingerprint density at radius 1 is 1.62 bits per heavy atom. The summed E-state index contributed by atoms with van der Waals surface area (Å²) in [6.45, 7) is 1.88. The summed E-state index contributed by atoms with van der Waals surface area (Å²) in [6.07, 6.45) is 2.65. The van der Waals surface area contributed by atoms with E-state index in [1.807, 2.05) is 13.2 Å². The molecule has 0 aliphatic carbocycles. The van der Waals surface area contributed by atoms with Crippen molar-refractivity contribution in [2.75, 3.05) is 11.3 Å². The van der Waals surface area contributed by atoms with Crippen molar-refractivity contribution in [2.24, 2.45) is 0 Å². The zero-order valence-electron chi connectivity index (χ0n) is 5.14. The third-order valence-corrected chi connectivity index (χ3v) is 2.65. The Labute approximate surface area is 58.6 Å². The molecule has 0 saturated carbocycles. The first-order valence-electron chi connectivity index (χ1n) is 2.45. The van der Waals surface area contributed by atoms with Gasteiger partial charge in [0.25, 0.3) is 0 Å². The molecule has 0 aliphatic heterocycles. The standard InChI is InChI=1S/C5H10OS2/c1-3-5(6)8-4-7-2/h3-4H2,1-2H3. The molecule has 0 fully saturated rings. The Morgan fingerprint density at radius 3 is 2.62 bits per heavy atom. The van der Waals surface area contributed by atoms with E-state index in [2.05, 4.69) is 0 Å². The molecule has 0 amide bonds. The highest BCUT2D eigenvalue weighted by Crippen LogP contribution is 2.10. The predicted molar refractivity (Wildman–Crippen MR) is 41.3 cm³/mol. The van der Waals surface area contributed by atoms with E-state index < -0.39 is 0 Å². The fraction of sp³-hybridized carbons (Fsp3) is 0.800. The van der Waals surface area contributed by atoms with Crippen molar-refractivity contribution in [3.05, 3.63) is 0 Å². The number of thioether (sulfide) groups is 2. The summed E-state index contributed by atoms with van der Waals surface area (Å²) in [7, 11) is 0. The second-order valence-corrected chi connectivity index (χ2v) is 3.54. The highest BCUT2D eigenvalue weighted by Gasteiger charge is 1.94. The van der Waals surface area contributed by atoms with Crippen molar-refractivity contribution >= 4 is 28.6 Å². The van der Waals surface area contributed by atoms with Crippen molar-refractivity contribution < 1.29 is 4.79 Å². The first-order chi connectivity index (χ1) is 3.81. The molecule has 1 nitrogen and oxygen atoms in total. The number of carbonyl (C=O) groups is 1. The molecule has 3 heteroatoms. The van der Waals surface area contributed by atoms with Gasteiger partial charge in [-0.3, -0.25) is 4.79 Å². The molecule has 0 atom stereocenters. The number of hydrogen-bond donors (Lipinski definition) is 0. The summed E-state index contributed by atoms with van der Waals surface area (Å²) in [4.78, 5) is 10.5. The van der Waals surface area contributed by atoms with Crippen LogP contribution < -0.4 is 0 Å². The van der Waals surface area contributed by atoms with E-state index in [9.17, 15) is 4.79 Å². The number of hydrogen-bond acceptors (Lipinski definition) is 3. The van der Waals surface area contributed by atoms with E-state index in [0.717, 1.165) is 5.08 Å². The first-order valence-corrected chi connectivity index (χ1v) is 4.83. The molecule has 0 aromatic heterocycles. The maximum Gasteiger partial charge on any atom is 0.189 e. The molecule has 48 valence electrons. The van der Waals surface area contributed by atoms with E-state index in [4.69, 9.17) is 0 Å². The number of carbonyl (C=O) groups excluding carboxylic acids is 1. The first kappa shape index (κ1) is 8.37. The van der Waals surface area contributed by atoms with Crippen LogP contribution in [-0.2, 0) is 4.79 Å². The van der Waals surface area contributed by atoms with Crippen LogP contribution in [-0.4, -0.2) is 16.5 Å². The van der Waals surface area contributed by atoms with Crippen LogP contribution in [0.3, 0.4) is 0 Å². The van der Waals surface area contributed by atoms with Crippen molar-refractivity contribution in [1.82, 2.24) is 0 Å². The van der Waals surface area contributed by atoms with E-state index in [1.165, 1.54) is 11.8 Å². The molecule has 8 heavy (non-hydrogen) atoms. The predicted octanol–water partition coefficient (Wildman–Crippen LogP) is 1.98. The van der Waals surface area contributed by atoms with Crippen LogP contribution in [0.15, 0.2) is 0 Å². The van der Waals surface area contributed by atoms with Gasteiger partial charge < -0.3 is 0 Å². The Kier molecular flexibility index (Phi) is 5.76. The van der Waals surface area contributed by atoms with Gasteiger partial charge in [-0.1, -0.05) is 18.7 Å². The van der Waals surface area contributed by atoms with Crippen LogP contribution in [0.25, 0.3) is 0 Å². The molecule has 0 radical (unpaired) electrons. The van der Waals surface area contributed by atoms with Crippen molar-refractivity contribution in [1.29, 1.82) is 0 Å². The topological polar surface area (TPSA) is 17.1 Å². The van der Waals surface area contributed by atoms with Crippen LogP contribution in [0.2, 0.25) is 0 Å². The highest BCUT2D eigenvalue weighted by molar-refractivity contribution is 8.23. The lowest BCUT2D eigenvalue weighted by atomic mass is 10.6. The van der Waals surface area contributed by atoms with E-state index in [-0.39, 0.29) is 0 Å². The molecule has 0 saturated heterocycles. The lowest BCUT2D eigenvalue weighted by Gasteiger charge is -1.90. The molecule has 0 aromatic rings. The van der Waals surface area contributed by atoms with Crippen molar-refractivity contribution in [2.45, 2.75) is 13.3 Å². The summed E-state index contributed by atoms with van der Waals surface area (Å²) in [6, 6.07) is 0. The highest BCUT2D eigenvalue weighted by atomic mass is 32.2. The molecule has 0 N–H and O–H groups in total. The average Bonchev–Trinajstić information content (AvgIpc) is 1.83. The quantitative estimate of drug-likeness (QED) is 0.573. The normalized spacial score (nSPS) is 9.25. The Hall–Kier alpha value is 0.370. The van der Waals surface area contributed by atoms with E-state index in [1.54, 1.807) is 11.8 Å². The molecule has 0 aliphatic rings. The monoisotopic (exact) mass is 150 g/mol. The fourth-order valence-electron chi connectivity index (χ4n) is 0.227. The maximum atomic E-state index is 10.5. The van der Waals surface area contributed by atoms with Gasteiger partial charge >= 0.3 is 0 Å². The minimum absolute atomic E-state index is 0.291. The SMILES string of the molecule is CCC(=O)SCSC. The van der Waals surface area contributed by atoms with Gasteiger partial charge in [-0.25, -0.2) is 0 Å². The molecule has 0 unspecified atom stereocenters. The summed E-state index contributed by atoms with van der Waals surface area (Å²) in [5, 5.41) is 1.19. The summed E-state index contributed by atoms with van der Waals surface area (Å²) in [5.74, 6) is 0. The molecule has 0 rings (SSSR count). The lowest BCUT2D eigenvalue weighted by molar-refractivity contribution is -0.110. The molecular weight excluding hydrogens is 140 g/mol. The van der Waals surface area contributed by atoms with Gasteiger partial charge in [-0.2, -0.15) is 11.8 Å². The zero-order chi connectivity index (χ0) is 6.41. The van der Waals surface area contributed by atoms with Crippen LogP contribution in [0.1, 0.15) is 13.3 Å². The average molecular weight is 150 g/mol. The summed E-state index contributed by atoms with van der Waals surface area (Å²) in [5.41, 5.74) is 0. The maximum absolute atomic E-state index is 10.5. The second-order valence-electron chi connectivity index (χ2n) is 1.28. The third kappa shape index (κ3) is 4.53. The smallest absolute Gasteiger partial charge is 0.189 e. The van der Waals surface area contributed by atoms with Gasteiger partial charge in [-0.05, 0) is 6.26 Å². The molecule has 0 spiro atoms. The van der Waals surface area contributed by atoms with Crippen LogP contribution in [0.5, 0.6) is 0 Å². The zero-order valence-corrected chi connectivity index (χ0v) is 6.77. The third-order valence-electron chi connectivity index (χ3n) is 0.626. The van der Waals surface area contributed by atoms with E-state index in [0.29, 0.717) is 11.5 Å². The Bertz CT molecular complexity index is 72.8. The molecule has 0 heterocycles. The molecule has 0 aromatic carbocycles. The lowest BCUT2D eigenvalue weighted by Crippen LogP contribution is -1.86. The Morgan fingerprint density at radius 2 is 2.25 bits per heavy atom. The van der Waals surface area contributed by atoms with Crippen LogP contribution in [0.4, 0.5) is 0 Å². The summed E-state index contributed by atoms with van der Waals surface area (Å²) < 4.78 is 0. The minimum Gasteiger partial charge on any atom is -0.287 e. The molecular formula is C5H10OS2. The van der Waals surface area contributed by atoms with Crippen molar-refractivity contribution in [3.8, 4) is 0 Å². The molecule has 0 bridgehead atoms. The summed E-state index contributed by atoms with van der Waals surface area (Å²) >= 11 is 3.09. The van der Waals surface area contributed by atoms with E-state index >= 15 is 0 Å². The van der Waals surface area contributed by atoms with Crippen molar-refractivity contribution in [3.63, 3.8) is 0 Å². The van der Waals surface area contributed by atoms with Gasteiger partial charge in [-0.15, -0.1) is 0 Å². The fourth-order valence-corrected chi connectivity index (χ4v) is 1.43. The van der Waals surface area contributed by atoms with Gasteiger partial charge in [0, 0.05) is 11.5 Å². The minimum atomic E-state index is 0.291. The van der Waals surface area contributed by atoms with Crippen LogP contribution in [0, 0.1) is 0 Å².